The number of amides is 1. The Morgan fingerprint density at radius 3 is 2.54 bits per heavy atom. The van der Waals surface area contributed by atoms with E-state index in [1.807, 2.05) is 0 Å². The molecule has 2 aromatic rings. The molecule has 0 saturated heterocycles. The minimum atomic E-state index is -3.61. The molecule has 0 atom stereocenters. The van der Waals surface area contributed by atoms with E-state index in [1.165, 1.54) is 12.1 Å². The van der Waals surface area contributed by atoms with E-state index >= 15 is 0 Å². The zero-order valence-electron chi connectivity index (χ0n) is 13.0. The normalized spacial score (nSPS) is 14.4. The lowest BCUT2D eigenvalue weighted by Gasteiger charge is -2.11. The Labute approximate surface area is 146 Å². The predicted octanol–water partition coefficient (Wildman–Crippen LogP) is 3.34. The minimum Gasteiger partial charge on any atom is -0.321 e. The lowest BCUT2D eigenvalue weighted by Crippen LogP contribution is -2.26. The van der Waals surface area contributed by atoms with Crippen LogP contribution in [-0.2, 0) is 10.0 Å². The number of rotatable bonds is 5. The molecule has 2 aromatic carbocycles. The number of sulfonamides is 1. The van der Waals surface area contributed by atoms with Crippen LogP contribution in [0.1, 0.15) is 28.8 Å². The van der Waals surface area contributed by atoms with Gasteiger partial charge in [0.05, 0.1) is 15.6 Å². The molecule has 1 fully saturated rings. The highest BCUT2D eigenvalue weighted by atomic mass is 35.5. The summed E-state index contributed by atoms with van der Waals surface area (Å²) in [6, 6.07) is 11.4. The van der Waals surface area contributed by atoms with Gasteiger partial charge >= 0.3 is 0 Å². The number of hydrogen-bond acceptors (Lipinski definition) is 3. The standard InChI is InChI=1S/C17H17ClN2O3S/c1-11-6-9-13(24(22,23)20-12-7-8-12)10-14(11)17(21)19-16-5-3-2-4-15(16)18/h2-6,9-10,12,20H,7-8H2,1H3,(H,19,21). The van der Waals surface area contributed by atoms with E-state index in [4.69, 9.17) is 11.6 Å². The Hall–Kier alpha value is -1.89. The van der Waals surface area contributed by atoms with Gasteiger partial charge in [0, 0.05) is 11.6 Å². The average Bonchev–Trinajstić information content (AvgIpc) is 3.33. The van der Waals surface area contributed by atoms with Gasteiger partial charge in [-0.2, -0.15) is 0 Å². The molecule has 0 bridgehead atoms. The number of benzene rings is 2. The van der Waals surface area contributed by atoms with Gasteiger partial charge in [-0.3, -0.25) is 4.79 Å². The molecule has 24 heavy (non-hydrogen) atoms. The summed E-state index contributed by atoms with van der Waals surface area (Å²) in [5.74, 6) is -0.399. The Kier molecular flexibility index (Phi) is 4.62. The van der Waals surface area contributed by atoms with Crippen LogP contribution >= 0.6 is 11.6 Å². The van der Waals surface area contributed by atoms with E-state index < -0.39 is 15.9 Å². The van der Waals surface area contributed by atoms with E-state index in [2.05, 4.69) is 10.0 Å². The van der Waals surface area contributed by atoms with Crippen LogP contribution in [0.15, 0.2) is 47.4 Å². The third kappa shape index (κ3) is 3.77. The van der Waals surface area contributed by atoms with Crippen LogP contribution < -0.4 is 10.0 Å². The molecule has 2 N–H and O–H groups in total. The van der Waals surface area contributed by atoms with Crippen molar-refractivity contribution in [1.29, 1.82) is 0 Å². The van der Waals surface area contributed by atoms with Crippen LogP contribution in [0.25, 0.3) is 0 Å². The number of halogens is 1. The summed E-state index contributed by atoms with van der Waals surface area (Å²) in [5, 5.41) is 3.13. The fourth-order valence-corrected chi connectivity index (χ4v) is 3.77. The molecule has 0 radical (unpaired) electrons. The van der Waals surface area contributed by atoms with Gasteiger partial charge in [0.2, 0.25) is 10.0 Å². The summed E-state index contributed by atoms with van der Waals surface area (Å²) in [6.07, 6.45) is 1.70. The summed E-state index contributed by atoms with van der Waals surface area (Å²) >= 11 is 6.04. The van der Waals surface area contributed by atoms with Crippen molar-refractivity contribution in [2.24, 2.45) is 0 Å². The molecule has 3 rings (SSSR count). The van der Waals surface area contributed by atoms with Crippen molar-refractivity contribution in [3.8, 4) is 0 Å². The molecule has 1 amide bonds. The lowest BCUT2D eigenvalue weighted by atomic mass is 10.1. The first kappa shape index (κ1) is 17.0. The SMILES string of the molecule is Cc1ccc(S(=O)(=O)NC2CC2)cc1C(=O)Nc1ccccc1Cl. The van der Waals surface area contributed by atoms with Crippen molar-refractivity contribution in [2.45, 2.75) is 30.7 Å². The second-order valence-corrected chi connectivity index (χ2v) is 7.93. The first-order valence-electron chi connectivity index (χ1n) is 7.56. The smallest absolute Gasteiger partial charge is 0.256 e. The lowest BCUT2D eigenvalue weighted by molar-refractivity contribution is 0.102. The largest absolute Gasteiger partial charge is 0.321 e. The fourth-order valence-electron chi connectivity index (χ4n) is 2.25. The fraction of sp³-hybridized carbons (Fsp3) is 0.235. The van der Waals surface area contributed by atoms with E-state index in [0.29, 0.717) is 21.8 Å². The summed E-state index contributed by atoms with van der Waals surface area (Å²) in [6.45, 7) is 1.76. The third-order valence-electron chi connectivity index (χ3n) is 3.79. The van der Waals surface area contributed by atoms with Gasteiger partial charge in [-0.25, -0.2) is 13.1 Å². The zero-order valence-corrected chi connectivity index (χ0v) is 14.6. The molecular weight excluding hydrogens is 348 g/mol. The van der Waals surface area contributed by atoms with Crippen molar-refractivity contribution < 1.29 is 13.2 Å². The second-order valence-electron chi connectivity index (χ2n) is 5.81. The van der Waals surface area contributed by atoms with E-state index in [-0.39, 0.29) is 10.9 Å². The third-order valence-corrected chi connectivity index (χ3v) is 5.63. The Balaban J connectivity index is 1.88. The van der Waals surface area contributed by atoms with Crippen molar-refractivity contribution >= 4 is 33.2 Å². The van der Waals surface area contributed by atoms with Gasteiger partial charge < -0.3 is 5.32 Å². The second kappa shape index (κ2) is 6.55. The molecule has 0 aliphatic heterocycles. The van der Waals surface area contributed by atoms with Crippen LogP contribution in [0.3, 0.4) is 0 Å². The molecule has 0 spiro atoms. The first-order chi connectivity index (χ1) is 11.4. The molecule has 0 aromatic heterocycles. The Bertz CT molecular complexity index is 892. The van der Waals surface area contributed by atoms with Gasteiger partial charge in [0.25, 0.3) is 5.91 Å². The van der Waals surface area contributed by atoms with E-state index in [9.17, 15) is 13.2 Å². The molecule has 7 heteroatoms. The quantitative estimate of drug-likeness (QED) is 0.854. The molecular formula is C17H17ClN2O3S. The first-order valence-corrected chi connectivity index (χ1v) is 9.42. The molecule has 1 aliphatic rings. The topological polar surface area (TPSA) is 75.3 Å². The minimum absolute atomic E-state index is 0.0108. The van der Waals surface area contributed by atoms with E-state index in [0.717, 1.165) is 12.8 Å². The Morgan fingerprint density at radius 2 is 1.88 bits per heavy atom. The number of para-hydroxylation sites is 1. The van der Waals surface area contributed by atoms with Crippen LogP contribution in [0, 0.1) is 6.92 Å². The molecule has 5 nitrogen and oxygen atoms in total. The number of hydrogen-bond donors (Lipinski definition) is 2. The maximum absolute atomic E-state index is 12.5. The molecule has 1 aliphatic carbocycles. The number of aryl methyl sites for hydroxylation is 1. The molecule has 0 unspecified atom stereocenters. The van der Waals surface area contributed by atoms with Gasteiger partial charge in [-0.05, 0) is 49.6 Å². The average molecular weight is 365 g/mol. The number of carbonyl (C=O) groups is 1. The van der Waals surface area contributed by atoms with Crippen LogP contribution in [0.5, 0.6) is 0 Å². The maximum atomic E-state index is 12.5. The van der Waals surface area contributed by atoms with Crippen LogP contribution in [0.4, 0.5) is 5.69 Å². The zero-order chi connectivity index (χ0) is 17.3. The predicted molar refractivity (Wildman–Crippen MR) is 93.9 cm³/mol. The summed E-state index contributed by atoms with van der Waals surface area (Å²) in [7, 11) is -3.61. The monoisotopic (exact) mass is 364 g/mol. The van der Waals surface area contributed by atoms with E-state index in [1.54, 1.807) is 37.3 Å². The highest BCUT2D eigenvalue weighted by Crippen LogP contribution is 2.25. The highest BCUT2D eigenvalue weighted by Gasteiger charge is 2.28. The van der Waals surface area contributed by atoms with Gasteiger partial charge in [0.1, 0.15) is 0 Å². The highest BCUT2D eigenvalue weighted by molar-refractivity contribution is 7.89. The molecule has 1 saturated carbocycles. The van der Waals surface area contributed by atoms with Crippen LogP contribution in [0.2, 0.25) is 5.02 Å². The number of carbonyl (C=O) groups excluding carboxylic acids is 1. The van der Waals surface area contributed by atoms with Crippen molar-refractivity contribution in [2.75, 3.05) is 5.32 Å². The number of nitrogens with one attached hydrogen (secondary N) is 2. The maximum Gasteiger partial charge on any atom is 0.256 e. The molecule has 0 heterocycles. The van der Waals surface area contributed by atoms with Crippen molar-refractivity contribution in [3.63, 3.8) is 0 Å². The summed E-state index contributed by atoms with van der Waals surface area (Å²) < 4.78 is 27.2. The van der Waals surface area contributed by atoms with Gasteiger partial charge in [0.15, 0.2) is 0 Å². The Morgan fingerprint density at radius 1 is 1.17 bits per heavy atom. The van der Waals surface area contributed by atoms with Gasteiger partial charge in [-0.1, -0.05) is 29.8 Å². The van der Waals surface area contributed by atoms with Gasteiger partial charge in [-0.15, -0.1) is 0 Å². The molecule has 126 valence electrons. The summed E-state index contributed by atoms with van der Waals surface area (Å²) in [5.41, 5.74) is 1.46. The number of anilines is 1. The van der Waals surface area contributed by atoms with Crippen LogP contribution in [-0.4, -0.2) is 20.4 Å². The van der Waals surface area contributed by atoms with Crippen molar-refractivity contribution in [3.05, 3.63) is 58.6 Å². The van der Waals surface area contributed by atoms with Crippen molar-refractivity contribution in [1.82, 2.24) is 4.72 Å². The summed E-state index contributed by atoms with van der Waals surface area (Å²) in [4.78, 5) is 12.6.